The van der Waals surface area contributed by atoms with Crippen molar-refractivity contribution in [3.63, 3.8) is 0 Å². The molecule has 1 aromatic carbocycles. The number of anilines is 2. The standard InChI is InChI=1S/C11H15N3O/c1-11(2,15)6-14-10-4-9-7(5-13-9)3-8(10)12/h3-5,14-15H,6,12H2,1-2H3. The van der Waals surface area contributed by atoms with Crippen LogP contribution in [0.5, 0.6) is 0 Å². The summed E-state index contributed by atoms with van der Waals surface area (Å²) in [6.07, 6.45) is 1.78. The molecule has 15 heavy (non-hydrogen) atoms. The Morgan fingerprint density at radius 2 is 2.20 bits per heavy atom. The number of rotatable bonds is 3. The van der Waals surface area contributed by atoms with Gasteiger partial charge in [0.2, 0.25) is 0 Å². The number of fused-ring (bicyclic) bond motifs is 1. The largest absolute Gasteiger partial charge is 0.397 e. The van der Waals surface area contributed by atoms with Crippen LogP contribution in [0.25, 0.3) is 6.20 Å². The second-order valence-electron chi connectivity index (χ2n) is 4.42. The first-order chi connectivity index (χ1) is 6.96. The summed E-state index contributed by atoms with van der Waals surface area (Å²) in [7, 11) is 0. The molecule has 0 amide bonds. The third kappa shape index (κ3) is 2.10. The number of hydrogen-bond donors (Lipinski definition) is 3. The zero-order valence-electron chi connectivity index (χ0n) is 8.91. The summed E-state index contributed by atoms with van der Waals surface area (Å²) in [6, 6.07) is 3.78. The second kappa shape index (κ2) is 3.24. The van der Waals surface area contributed by atoms with Gasteiger partial charge in [-0.1, -0.05) is 0 Å². The van der Waals surface area contributed by atoms with Crippen LogP contribution in [0.15, 0.2) is 17.1 Å². The molecule has 0 aliphatic carbocycles. The average Bonchev–Trinajstić information content (AvgIpc) is 2.08. The SMILES string of the molecule is CC(C)(O)CNc1cc2c(cc1N)=CN=2. The van der Waals surface area contributed by atoms with Gasteiger partial charge < -0.3 is 16.2 Å². The van der Waals surface area contributed by atoms with Crippen molar-refractivity contribution in [2.45, 2.75) is 19.4 Å². The van der Waals surface area contributed by atoms with E-state index in [0.717, 1.165) is 16.3 Å². The first kappa shape index (κ1) is 9.98. The van der Waals surface area contributed by atoms with Gasteiger partial charge in [-0.2, -0.15) is 0 Å². The molecule has 0 spiro atoms. The summed E-state index contributed by atoms with van der Waals surface area (Å²) in [4.78, 5) is 4.10. The summed E-state index contributed by atoms with van der Waals surface area (Å²) in [5.74, 6) is 0. The molecule has 0 bridgehead atoms. The van der Waals surface area contributed by atoms with E-state index in [4.69, 9.17) is 5.73 Å². The number of hydrogen-bond acceptors (Lipinski definition) is 4. The molecule has 1 heterocycles. The third-order valence-electron chi connectivity index (χ3n) is 2.25. The number of nitrogens with one attached hydrogen (secondary N) is 1. The van der Waals surface area contributed by atoms with Crippen LogP contribution in [0, 0.1) is 0 Å². The predicted molar refractivity (Wildman–Crippen MR) is 60.9 cm³/mol. The van der Waals surface area contributed by atoms with Crippen molar-refractivity contribution in [3.05, 3.63) is 22.7 Å². The average molecular weight is 205 g/mol. The van der Waals surface area contributed by atoms with Gasteiger partial charge >= 0.3 is 0 Å². The van der Waals surface area contributed by atoms with Crippen LogP contribution in [-0.2, 0) is 0 Å². The molecule has 1 aromatic rings. The first-order valence-corrected chi connectivity index (χ1v) is 4.89. The van der Waals surface area contributed by atoms with E-state index in [0.29, 0.717) is 12.2 Å². The summed E-state index contributed by atoms with van der Waals surface area (Å²) >= 11 is 0. The van der Waals surface area contributed by atoms with Gasteiger partial charge in [-0.25, -0.2) is 0 Å². The lowest BCUT2D eigenvalue weighted by Crippen LogP contribution is -2.33. The highest BCUT2D eigenvalue weighted by Crippen LogP contribution is 2.15. The zero-order chi connectivity index (χ0) is 11.1. The molecule has 0 fully saturated rings. The molecule has 1 aliphatic heterocycles. The fourth-order valence-corrected chi connectivity index (χ4v) is 1.38. The number of nitrogens with zero attached hydrogens (tertiary/aromatic N) is 1. The van der Waals surface area contributed by atoms with Gasteiger partial charge in [-0.05, 0) is 26.0 Å². The van der Waals surface area contributed by atoms with Crippen molar-refractivity contribution < 1.29 is 5.11 Å². The Morgan fingerprint density at radius 1 is 1.47 bits per heavy atom. The summed E-state index contributed by atoms with van der Waals surface area (Å²) in [5.41, 5.74) is 6.61. The van der Waals surface area contributed by atoms with E-state index in [1.807, 2.05) is 12.1 Å². The molecule has 0 saturated heterocycles. The van der Waals surface area contributed by atoms with Gasteiger partial charge in [0.1, 0.15) is 0 Å². The third-order valence-corrected chi connectivity index (χ3v) is 2.25. The van der Waals surface area contributed by atoms with Gasteiger partial charge in [0.25, 0.3) is 0 Å². The molecule has 4 N–H and O–H groups in total. The fraction of sp³-hybridized carbons (Fsp3) is 0.364. The van der Waals surface area contributed by atoms with Gasteiger partial charge in [-0.15, -0.1) is 0 Å². The molecule has 4 nitrogen and oxygen atoms in total. The maximum atomic E-state index is 9.57. The van der Waals surface area contributed by atoms with E-state index in [1.165, 1.54) is 0 Å². The molecule has 0 atom stereocenters. The lowest BCUT2D eigenvalue weighted by atomic mass is 10.1. The Balaban J connectivity index is 2.20. The van der Waals surface area contributed by atoms with Crippen LogP contribution in [0.2, 0.25) is 0 Å². The highest BCUT2D eigenvalue weighted by molar-refractivity contribution is 5.67. The molecule has 1 aliphatic rings. The molecule has 80 valence electrons. The van der Waals surface area contributed by atoms with E-state index < -0.39 is 5.60 Å². The molecule has 4 heteroatoms. The fourth-order valence-electron chi connectivity index (χ4n) is 1.38. The normalized spacial score (nSPS) is 13.3. The summed E-state index contributed by atoms with van der Waals surface area (Å²) in [6.45, 7) is 3.95. The number of nitrogen functional groups attached to an aromatic ring is 1. The van der Waals surface area contributed by atoms with Crippen LogP contribution < -0.4 is 21.6 Å². The topological polar surface area (TPSA) is 70.6 Å². The molecule has 2 rings (SSSR count). The highest BCUT2D eigenvalue weighted by atomic mass is 16.3. The number of nitrogens with two attached hydrogens (primary N) is 1. The Kier molecular flexibility index (Phi) is 2.16. The van der Waals surface area contributed by atoms with Crippen LogP contribution in [-0.4, -0.2) is 17.3 Å². The van der Waals surface area contributed by atoms with Gasteiger partial charge in [-0.3, -0.25) is 4.99 Å². The zero-order valence-corrected chi connectivity index (χ0v) is 8.91. The van der Waals surface area contributed by atoms with Gasteiger partial charge in [0.05, 0.1) is 22.3 Å². The van der Waals surface area contributed by atoms with Crippen molar-refractivity contribution >= 4 is 17.6 Å². The summed E-state index contributed by atoms with van der Waals surface area (Å²) in [5, 5.41) is 14.7. The quantitative estimate of drug-likeness (QED) is 0.600. The predicted octanol–water partition coefficient (Wildman–Crippen LogP) is -0.177. The van der Waals surface area contributed by atoms with E-state index in [-0.39, 0.29) is 0 Å². The Labute approximate surface area is 88.1 Å². The molecular formula is C11H15N3O. The van der Waals surface area contributed by atoms with E-state index in [1.54, 1.807) is 20.0 Å². The van der Waals surface area contributed by atoms with E-state index >= 15 is 0 Å². The monoisotopic (exact) mass is 205 g/mol. The number of benzene rings is 1. The lowest BCUT2D eigenvalue weighted by Gasteiger charge is -2.19. The second-order valence-corrected chi connectivity index (χ2v) is 4.42. The van der Waals surface area contributed by atoms with E-state index in [2.05, 4.69) is 10.3 Å². The van der Waals surface area contributed by atoms with Crippen LogP contribution in [0.4, 0.5) is 11.4 Å². The van der Waals surface area contributed by atoms with Crippen molar-refractivity contribution in [2.24, 2.45) is 4.99 Å². The van der Waals surface area contributed by atoms with Crippen molar-refractivity contribution in [1.29, 1.82) is 0 Å². The Morgan fingerprint density at radius 3 is 2.73 bits per heavy atom. The van der Waals surface area contributed by atoms with Gasteiger partial charge in [0.15, 0.2) is 0 Å². The minimum Gasteiger partial charge on any atom is -0.397 e. The maximum Gasteiger partial charge on any atom is 0.0763 e. The Hall–Kier alpha value is -1.55. The minimum atomic E-state index is -0.751. The molecule has 0 aromatic heterocycles. The van der Waals surface area contributed by atoms with E-state index in [9.17, 15) is 5.11 Å². The van der Waals surface area contributed by atoms with Gasteiger partial charge in [0, 0.05) is 18.0 Å². The van der Waals surface area contributed by atoms with Crippen molar-refractivity contribution in [1.82, 2.24) is 0 Å². The molecule has 0 radical (unpaired) electrons. The smallest absolute Gasteiger partial charge is 0.0763 e. The van der Waals surface area contributed by atoms with Crippen molar-refractivity contribution in [2.75, 3.05) is 17.6 Å². The first-order valence-electron chi connectivity index (χ1n) is 4.89. The van der Waals surface area contributed by atoms with Crippen LogP contribution >= 0.6 is 0 Å². The Bertz CT molecular complexity index is 500. The molecular weight excluding hydrogens is 190 g/mol. The van der Waals surface area contributed by atoms with Crippen molar-refractivity contribution in [3.8, 4) is 0 Å². The molecule has 0 unspecified atom stereocenters. The lowest BCUT2D eigenvalue weighted by molar-refractivity contribution is 0.0945. The highest BCUT2D eigenvalue weighted by Gasteiger charge is 2.13. The number of aliphatic hydroxyl groups is 1. The van der Waals surface area contributed by atoms with Crippen LogP contribution in [0.3, 0.4) is 0 Å². The molecule has 0 saturated carbocycles. The minimum absolute atomic E-state index is 0.458. The van der Waals surface area contributed by atoms with Crippen LogP contribution in [0.1, 0.15) is 13.8 Å². The summed E-state index contributed by atoms with van der Waals surface area (Å²) < 4.78 is 0. The maximum absolute atomic E-state index is 9.57.